The Hall–Kier alpha value is -2.15. The Labute approximate surface area is 137 Å². The summed E-state index contributed by atoms with van der Waals surface area (Å²) in [5, 5.41) is 11.0. The zero-order valence-corrected chi connectivity index (χ0v) is 14.4. The lowest BCUT2D eigenvalue weighted by Crippen LogP contribution is -2.15. The van der Waals surface area contributed by atoms with Crippen molar-refractivity contribution in [2.24, 2.45) is 5.92 Å². The summed E-state index contributed by atoms with van der Waals surface area (Å²) >= 11 is 0. The Kier molecular flexibility index (Phi) is 5.54. The van der Waals surface area contributed by atoms with Gasteiger partial charge < -0.3 is 5.32 Å². The first kappa shape index (κ1) is 17.2. The van der Waals surface area contributed by atoms with Gasteiger partial charge in [0.05, 0.1) is 4.90 Å². The minimum absolute atomic E-state index is 0.195. The van der Waals surface area contributed by atoms with Crippen LogP contribution in [0.4, 0.5) is 11.6 Å². The number of aryl methyl sites for hydroxylation is 1. The summed E-state index contributed by atoms with van der Waals surface area (Å²) in [6.07, 6.45) is 1.03. The van der Waals surface area contributed by atoms with Crippen LogP contribution in [0.1, 0.15) is 25.8 Å². The van der Waals surface area contributed by atoms with Crippen LogP contribution in [0.3, 0.4) is 0 Å². The number of nitrogens with one attached hydrogen (secondary N) is 2. The van der Waals surface area contributed by atoms with Gasteiger partial charge in [-0.1, -0.05) is 26.0 Å². The quantitative estimate of drug-likeness (QED) is 0.813. The fourth-order valence-electron chi connectivity index (χ4n) is 1.95. The molecule has 6 nitrogen and oxygen atoms in total. The van der Waals surface area contributed by atoms with Gasteiger partial charge in [-0.3, -0.25) is 4.72 Å². The average Bonchev–Trinajstić information content (AvgIpc) is 2.48. The summed E-state index contributed by atoms with van der Waals surface area (Å²) in [6, 6.07) is 10.0. The molecule has 0 aliphatic rings. The number of hydrogen-bond acceptors (Lipinski definition) is 5. The molecule has 2 aromatic rings. The van der Waals surface area contributed by atoms with Crippen LogP contribution in [0.15, 0.2) is 41.3 Å². The largest absolute Gasteiger partial charge is 0.369 e. The van der Waals surface area contributed by atoms with Crippen LogP contribution in [0.25, 0.3) is 0 Å². The van der Waals surface area contributed by atoms with Crippen molar-refractivity contribution in [3.8, 4) is 0 Å². The summed E-state index contributed by atoms with van der Waals surface area (Å²) in [5.41, 5.74) is 0.878. The Morgan fingerprint density at radius 3 is 2.39 bits per heavy atom. The van der Waals surface area contributed by atoms with Crippen LogP contribution in [-0.2, 0) is 10.0 Å². The van der Waals surface area contributed by atoms with E-state index in [0.29, 0.717) is 11.7 Å². The van der Waals surface area contributed by atoms with Crippen LogP contribution in [0.2, 0.25) is 0 Å². The highest BCUT2D eigenvalue weighted by Gasteiger charge is 2.15. The molecular formula is C16H22N4O2S. The van der Waals surface area contributed by atoms with Gasteiger partial charge in [0.25, 0.3) is 10.0 Å². The Balaban J connectivity index is 2.03. The molecule has 0 aliphatic heterocycles. The highest BCUT2D eigenvalue weighted by molar-refractivity contribution is 7.92. The van der Waals surface area contributed by atoms with E-state index >= 15 is 0 Å². The van der Waals surface area contributed by atoms with E-state index in [1.165, 1.54) is 0 Å². The zero-order chi connectivity index (χ0) is 16.9. The molecule has 0 atom stereocenters. The number of sulfonamides is 1. The van der Waals surface area contributed by atoms with Crippen LogP contribution in [0.5, 0.6) is 0 Å². The maximum atomic E-state index is 12.3. The minimum atomic E-state index is -3.65. The van der Waals surface area contributed by atoms with E-state index in [1.807, 2.05) is 13.0 Å². The summed E-state index contributed by atoms with van der Waals surface area (Å²) in [7, 11) is -3.65. The molecule has 124 valence electrons. The molecule has 0 fully saturated rings. The third-order valence-electron chi connectivity index (χ3n) is 3.23. The van der Waals surface area contributed by atoms with Crippen molar-refractivity contribution < 1.29 is 8.42 Å². The highest BCUT2D eigenvalue weighted by atomic mass is 32.2. The minimum Gasteiger partial charge on any atom is -0.369 e. The molecule has 2 rings (SSSR count). The van der Waals surface area contributed by atoms with Crippen molar-refractivity contribution in [3.05, 3.63) is 42.0 Å². The summed E-state index contributed by atoms with van der Waals surface area (Å²) in [6.45, 7) is 6.95. The molecule has 23 heavy (non-hydrogen) atoms. The molecule has 0 bridgehead atoms. The SMILES string of the molecule is Cc1cccc(S(=O)(=O)Nc2ccc(NCCC(C)C)nn2)c1. The maximum absolute atomic E-state index is 12.3. The van der Waals surface area contributed by atoms with Crippen molar-refractivity contribution in [2.75, 3.05) is 16.6 Å². The molecule has 0 radical (unpaired) electrons. The molecule has 1 heterocycles. The number of hydrogen-bond donors (Lipinski definition) is 2. The molecule has 2 N–H and O–H groups in total. The van der Waals surface area contributed by atoms with Crippen molar-refractivity contribution >= 4 is 21.7 Å². The predicted octanol–water partition coefficient (Wildman–Crippen LogP) is 3.04. The molecule has 0 saturated carbocycles. The first-order chi connectivity index (χ1) is 10.9. The second-order valence-corrected chi connectivity index (χ2v) is 7.52. The first-order valence-electron chi connectivity index (χ1n) is 7.54. The smallest absolute Gasteiger partial charge is 0.263 e. The Morgan fingerprint density at radius 2 is 1.78 bits per heavy atom. The van der Waals surface area contributed by atoms with Gasteiger partial charge in [0.1, 0.15) is 5.82 Å². The summed E-state index contributed by atoms with van der Waals surface area (Å²) in [4.78, 5) is 0.207. The third kappa shape index (κ3) is 5.21. The monoisotopic (exact) mass is 334 g/mol. The van der Waals surface area contributed by atoms with Gasteiger partial charge in [-0.2, -0.15) is 0 Å². The van der Waals surface area contributed by atoms with E-state index in [9.17, 15) is 8.42 Å². The topological polar surface area (TPSA) is 84.0 Å². The van der Waals surface area contributed by atoms with E-state index in [-0.39, 0.29) is 10.7 Å². The van der Waals surface area contributed by atoms with Gasteiger partial charge in [0, 0.05) is 6.54 Å². The molecule has 0 aliphatic carbocycles. The van der Waals surface area contributed by atoms with Crippen LogP contribution < -0.4 is 10.0 Å². The predicted molar refractivity (Wildman–Crippen MR) is 92.0 cm³/mol. The molecule has 0 spiro atoms. The van der Waals surface area contributed by atoms with E-state index in [4.69, 9.17) is 0 Å². The van der Waals surface area contributed by atoms with Gasteiger partial charge >= 0.3 is 0 Å². The number of benzene rings is 1. The molecule has 7 heteroatoms. The summed E-state index contributed by atoms with van der Waals surface area (Å²) < 4.78 is 27.0. The molecule has 1 aromatic heterocycles. The first-order valence-corrected chi connectivity index (χ1v) is 9.02. The van der Waals surface area contributed by atoms with E-state index in [2.05, 4.69) is 34.1 Å². The average molecular weight is 334 g/mol. The molecule has 0 saturated heterocycles. The third-order valence-corrected chi connectivity index (χ3v) is 4.58. The number of rotatable bonds is 7. The fourth-order valence-corrected chi connectivity index (χ4v) is 3.05. The summed E-state index contributed by atoms with van der Waals surface area (Å²) in [5.74, 6) is 1.43. The maximum Gasteiger partial charge on any atom is 0.263 e. The lowest BCUT2D eigenvalue weighted by Gasteiger charge is -2.09. The lowest BCUT2D eigenvalue weighted by molar-refractivity contribution is 0.600. The molecule has 0 unspecified atom stereocenters. The standard InChI is InChI=1S/C16H22N4O2S/c1-12(2)9-10-17-15-7-8-16(19-18-15)20-23(21,22)14-6-4-5-13(3)11-14/h4-8,11-12H,9-10H2,1-3H3,(H,17,18)(H,19,20). The van der Waals surface area contributed by atoms with E-state index in [1.54, 1.807) is 30.3 Å². The second kappa shape index (κ2) is 7.41. The van der Waals surface area contributed by atoms with Crippen LogP contribution >= 0.6 is 0 Å². The van der Waals surface area contributed by atoms with Crippen molar-refractivity contribution in [3.63, 3.8) is 0 Å². The van der Waals surface area contributed by atoms with Gasteiger partial charge in [0.15, 0.2) is 5.82 Å². The van der Waals surface area contributed by atoms with Gasteiger partial charge in [-0.15, -0.1) is 10.2 Å². The Morgan fingerprint density at radius 1 is 1.09 bits per heavy atom. The van der Waals surface area contributed by atoms with Crippen molar-refractivity contribution in [2.45, 2.75) is 32.1 Å². The fraction of sp³-hybridized carbons (Fsp3) is 0.375. The molecular weight excluding hydrogens is 312 g/mol. The molecule has 1 aromatic carbocycles. The van der Waals surface area contributed by atoms with Gasteiger partial charge in [-0.25, -0.2) is 8.42 Å². The molecule has 0 amide bonds. The van der Waals surface area contributed by atoms with Crippen LogP contribution in [-0.4, -0.2) is 25.2 Å². The van der Waals surface area contributed by atoms with Crippen LogP contribution in [0, 0.1) is 12.8 Å². The van der Waals surface area contributed by atoms with E-state index < -0.39 is 10.0 Å². The normalized spacial score (nSPS) is 11.5. The Bertz CT molecular complexity index is 743. The highest BCUT2D eigenvalue weighted by Crippen LogP contribution is 2.15. The number of aromatic nitrogens is 2. The number of nitrogens with zero attached hydrogens (tertiary/aromatic N) is 2. The van der Waals surface area contributed by atoms with Crippen molar-refractivity contribution in [1.82, 2.24) is 10.2 Å². The number of anilines is 2. The van der Waals surface area contributed by atoms with Gasteiger partial charge in [-0.05, 0) is 49.1 Å². The van der Waals surface area contributed by atoms with Crippen molar-refractivity contribution in [1.29, 1.82) is 0 Å². The second-order valence-electron chi connectivity index (χ2n) is 5.84. The van der Waals surface area contributed by atoms with E-state index in [0.717, 1.165) is 18.5 Å². The zero-order valence-electron chi connectivity index (χ0n) is 13.6. The lowest BCUT2D eigenvalue weighted by atomic mass is 10.1. The van der Waals surface area contributed by atoms with Gasteiger partial charge in [0.2, 0.25) is 0 Å².